The van der Waals surface area contributed by atoms with Crippen molar-refractivity contribution in [3.05, 3.63) is 52.7 Å². The van der Waals surface area contributed by atoms with Gasteiger partial charge in [0.25, 0.3) is 0 Å². The molecule has 1 fully saturated rings. The minimum absolute atomic E-state index is 0.943. The van der Waals surface area contributed by atoms with Crippen molar-refractivity contribution in [2.45, 2.75) is 52.4 Å². The number of fused-ring (bicyclic) bond motifs is 2. The summed E-state index contributed by atoms with van der Waals surface area (Å²) in [5.41, 5.74) is 8.75. The van der Waals surface area contributed by atoms with Crippen LogP contribution in [0.1, 0.15) is 47.9 Å². The Bertz CT molecular complexity index is 744. The number of pyridine rings is 1. The van der Waals surface area contributed by atoms with Crippen LogP contribution in [0.5, 0.6) is 0 Å². The molecule has 1 nitrogen and oxygen atoms in total. The largest absolute Gasteiger partial charge is 0.212 e. The molecule has 1 aromatic carbocycles. The fourth-order valence-corrected chi connectivity index (χ4v) is 4.88. The molecule has 0 bridgehead atoms. The second-order valence-electron chi connectivity index (χ2n) is 7.85. The Hall–Kier alpha value is -1.63. The summed E-state index contributed by atoms with van der Waals surface area (Å²) in [6.45, 7) is 4.44. The van der Waals surface area contributed by atoms with Gasteiger partial charge in [-0.2, -0.15) is 0 Å². The van der Waals surface area contributed by atoms with Gasteiger partial charge in [0, 0.05) is 17.2 Å². The van der Waals surface area contributed by atoms with Crippen LogP contribution in [0.3, 0.4) is 0 Å². The molecule has 0 saturated heterocycles. The van der Waals surface area contributed by atoms with Gasteiger partial charge < -0.3 is 0 Å². The van der Waals surface area contributed by atoms with E-state index in [-0.39, 0.29) is 0 Å². The van der Waals surface area contributed by atoms with Crippen LogP contribution in [0, 0.1) is 25.7 Å². The third kappa shape index (κ3) is 2.71. The Labute approximate surface area is 140 Å². The summed E-state index contributed by atoms with van der Waals surface area (Å²) in [6, 6.07) is 9.48. The Balaban J connectivity index is 1.76. The van der Waals surface area contributed by atoms with Gasteiger partial charge in [-0.3, -0.25) is 0 Å². The van der Waals surface area contributed by atoms with E-state index in [0.29, 0.717) is 0 Å². The van der Waals surface area contributed by atoms with Crippen LogP contribution < -0.4 is 4.57 Å². The molecule has 1 saturated carbocycles. The topological polar surface area (TPSA) is 3.88 Å². The molecule has 2 aromatic rings. The monoisotopic (exact) mass is 306 g/mol. The molecule has 0 N–H and O–H groups in total. The molecular weight excluding hydrogens is 278 g/mol. The lowest BCUT2D eigenvalue weighted by Gasteiger charge is -2.37. The molecular formula is C22H28N+. The molecule has 23 heavy (non-hydrogen) atoms. The van der Waals surface area contributed by atoms with Crippen molar-refractivity contribution < 1.29 is 4.57 Å². The summed E-state index contributed by atoms with van der Waals surface area (Å²) in [7, 11) is 2.17. The third-order valence-corrected chi connectivity index (χ3v) is 6.13. The average molecular weight is 306 g/mol. The van der Waals surface area contributed by atoms with Crippen molar-refractivity contribution in [3.63, 3.8) is 0 Å². The van der Waals surface area contributed by atoms with E-state index in [1.165, 1.54) is 60.9 Å². The third-order valence-electron chi connectivity index (χ3n) is 6.13. The number of rotatable bonds is 1. The van der Waals surface area contributed by atoms with E-state index in [2.05, 4.69) is 55.9 Å². The van der Waals surface area contributed by atoms with E-state index < -0.39 is 0 Å². The maximum absolute atomic E-state index is 2.50. The zero-order valence-corrected chi connectivity index (χ0v) is 14.7. The second kappa shape index (κ2) is 5.78. The predicted octanol–water partition coefficient (Wildman–Crippen LogP) is 4.70. The molecule has 0 aliphatic heterocycles. The molecule has 0 amide bonds. The number of benzene rings is 1. The van der Waals surface area contributed by atoms with Crippen LogP contribution in [-0.2, 0) is 19.9 Å². The first-order valence-electron chi connectivity index (χ1n) is 9.21. The highest BCUT2D eigenvalue weighted by Gasteiger charge is 2.31. The molecule has 1 heterocycles. The molecule has 2 atom stereocenters. The normalized spacial score (nSPS) is 23.3. The fourth-order valence-electron chi connectivity index (χ4n) is 4.88. The molecule has 120 valence electrons. The van der Waals surface area contributed by atoms with E-state index in [0.717, 1.165) is 11.8 Å². The summed E-state index contributed by atoms with van der Waals surface area (Å²) in [5, 5.41) is 0. The summed E-state index contributed by atoms with van der Waals surface area (Å²) in [5.74, 6) is 1.90. The summed E-state index contributed by atoms with van der Waals surface area (Å²) >= 11 is 0. The van der Waals surface area contributed by atoms with Crippen molar-refractivity contribution in [2.24, 2.45) is 18.9 Å². The Kier molecular flexibility index (Phi) is 3.75. The zero-order chi connectivity index (χ0) is 16.0. The molecule has 0 radical (unpaired) electrons. The number of hydrogen-bond acceptors (Lipinski definition) is 0. The van der Waals surface area contributed by atoms with Crippen LogP contribution in [-0.4, -0.2) is 0 Å². The van der Waals surface area contributed by atoms with Gasteiger partial charge in [-0.05, 0) is 80.2 Å². The highest BCUT2D eigenvalue weighted by atomic mass is 14.9. The van der Waals surface area contributed by atoms with Crippen molar-refractivity contribution in [2.75, 3.05) is 0 Å². The average Bonchev–Trinajstić information content (AvgIpc) is 2.53. The van der Waals surface area contributed by atoms with Gasteiger partial charge >= 0.3 is 0 Å². The Morgan fingerprint density at radius 1 is 0.913 bits per heavy atom. The predicted molar refractivity (Wildman–Crippen MR) is 95.4 cm³/mol. The van der Waals surface area contributed by atoms with Crippen LogP contribution in [0.25, 0.3) is 11.3 Å². The fraction of sp³-hybridized carbons (Fsp3) is 0.500. The lowest BCUT2D eigenvalue weighted by molar-refractivity contribution is -0.660. The first kappa shape index (κ1) is 14.9. The van der Waals surface area contributed by atoms with Crippen molar-refractivity contribution >= 4 is 0 Å². The van der Waals surface area contributed by atoms with Crippen molar-refractivity contribution in [1.29, 1.82) is 0 Å². The van der Waals surface area contributed by atoms with Gasteiger partial charge in [0.2, 0.25) is 5.69 Å². The molecule has 0 spiro atoms. The zero-order valence-electron chi connectivity index (χ0n) is 14.7. The van der Waals surface area contributed by atoms with Gasteiger partial charge in [-0.25, -0.2) is 4.57 Å². The van der Waals surface area contributed by atoms with Gasteiger partial charge in [0.1, 0.15) is 7.05 Å². The number of hydrogen-bond donors (Lipinski definition) is 0. The van der Waals surface area contributed by atoms with Crippen molar-refractivity contribution in [3.8, 4) is 11.3 Å². The summed E-state index contributed by atoms with van der Waals surface area (Å²) in [4.78, 5) is 0. The minimum atomic E-state index is 0.943. The Morgan fingerprint density at radius 3 is 2.22 bits per heavy atom. The second-order valence-corrected chi connectivity index (χ2v) is 7.85. The molecule has 2 unspecified atom stereocenters. The molecule has 2 aliphatic rings. The number of nitrogens with zero attached hydrogens (tertiary/aromatic N) is 1. The molecule has 2 aliphatic carbocycles. The van der Waals surface area contributed by atoms with Gasteiger partial charge in [-0.15, -0.1) is 0 Å². The van der Waals surface area contributed by atoms with Crippen LogP contribution >= 0.6 is 0 Å². The quantitative estimate of drug-likeness (QED) is 0.672. The minimum Gasteiger partial charge on any atom is -0.201 e. The van der Waals surface area contributed by atoms with Crippen LogP contribution in [0.4, 0.5) is 0 Å². The Morgan fingerprint density at radius 2 is 1.57 bits per heavy atom. The SMILES string of the molecule is Cc1ccc(-c2cc3c(cc2C)CC2CCCCC2C3)[n+](C)c1. The highest BCUT2D eigenvalue weighted by Crippen LogP contribution is 2.41. The lowest BCUT2D eigenvalue weighted by Crippen LogP contribution is -2.31. The maximum atomic E-state index is 2.50. The molecule has 4 rings (SSSR count). The number of aryl methyl sites for hydroxylation is 3. The van der Waals surface area contributed by atoms with E-state index in [4.69, 9.17) is 0 Å². The molecule has 1 heteroatoms. The van der Waals surface area contributed by atoms with Gasteiger partial charge in [0.15, 0.2) is 6.20 Å². The van der Waals surface area contributed by atoms with Crippen molar-refractivity contribution in [1.82, 2.24) is 0 Å². The number of aromatic nitrogens is 1. The lowest BCUT2D eigenvalue weighted by atomic mass is 9.68. The van der Waals surface area contributed by atoms with E-state index >= 15 is 0 Å². The van der Waals surface area contributed by atoms with Gasteiger partial charge in [-0.1, -0.05) is 18.9 Å². The first-order valence-corrected chi connectivity index (χ1v) is 9.21. The summed E-state index contributed by atoms with van der Waals surface area (Å²) in [6.07, 6.45) is 10.7. The summed E-state index contributed by atoms with van der Waals surface area (Å²) < 4.78 is 2.27. The highest BCUT2D eigenvalue weighted by molar-refractivity contribution is 5.63. The van der Waals surface area contributed by atoms with E-state index in [1.54, 1.807) is 11.1 Å². The van der Waals surface area contributed by atoms with Gasteiger partial charge in [0.05, 0.1) is 0 Å². The van der Waals surface area contributed by atoms with Crippen LogP contribution in [0.2, 0.25) is 0 Å². The standard InChI is InChI=1S/C22H28N/c1-15-8-9-22(23(3)14-15)21-13-20-12-18-7-5-4-6-17(18)11-19(20)10-16(21)2/h8-10,13-14,17-18H,4-7,11-12H2,1-3H3/q+1. The smallest absolute Gasteiger partial charge is 0.201 e. The van der Waals surface area contributed by atoms with E-state index in [1.807, 2.05) is 0 Å². The van der Waals surface area contributed by atoms with Crippen LogP contribution in [0.15, 0.2) is 30.5 Å². The maximum Gasteiger partial charge on any atom is 0.212 e. The first-order chi connectivity index (χ1) is 11.1. The molecule has 1 aromatic heterocycles. The van der Waals surface area contributed by atoms with E-state index in [9.17, 15) is 0 Å².